The number of allylic oxidation sites excluding steroid dienone is 4. The van der Waals surface area contributed by atoms with Crippen LogP contribution in [0.2, 0.25) is 0 Å². The molecule has 0 fully saturated rings. The molecule has 0 aliphatic heterocycles. The van der Waals surface area contributed by atoms with E-state index in [2.05, 4.69) is 80.6 Å². The molecule has 0 saturated carbocycles. The Labute approximate surface area is 197 Å². The maximum atomic E-state index is 5.00. The highest BCUT2D eigenvalue weighted by Crippen LogP contribution is 2.40. The van der Waals surface area contributed by atoms with Crippen molar-refractivity contribution >= 4 is 37.1 Å². The van der Waals surface area contributed by atoms with Crippen molar-refractivity contribution in [3.05, 3.63) is 96.3 Å². The van der Waals surface area contributed by atoms with Crippen molar-refractivity contribution in [2.75, 3.05) is 0 Å². The van der Waals surface area contributed by atoms with E-state index in [4.69, 9.17) is 15.0 Å². The van der Waals surface area contributed by atoms with Crippen LogP contribution in [0.5, 0.6) is 0 Å². The first-order chi connectivity index (χ1) is 16.2. The van der Waals surface area contributed by atoms with Gasteiger partial charge in [0.1, 0.15) is 0 Å². The van der Waals surface area contributed by atoms with Gasteiger partial charge in [0.05, 0.1) is 0 Å². The van der Waals surface area contributed by atoms with Crippen LogP contribution in [-0.4, -0.2) is 15.0 Å². The maximum Gasteiger partial charge on any atom is 0.164 e. The summed E-state index contributed by atoms with van der Waals surface area (Å²) in [6.45, 7) is 4.37. The van der Waals surface area contributed by atoms with Crippen molar-refractivity contribution in [2.45, 2.75) is 20.3 Å². The van der Waals surface area contributed by atoms with Gasteiger partial charge in [-0.2, -0.15) is 0 Å². The van der Waals surface area contributed by atoms with Crippen molar-refractivity contribution in [1.29, 1.82) is 0 Å². The highest BCUT2D eigenvalue weighted by molar-refractivity contribution is 7.25. The third-order valence-electron chi connectivity index (χ3n) is 6.13. The highest BCUT2D eigenvalue weighted by Gasteiger charge is 2.18. The summed E-state index contributed by atoms with van der Waals surface area (Å²) in [6.07, 6.45) is 7.61. The van der Waals surface area contributed by atoms with Crippen LogP contribution >= 0.6 is 11.3 Å². The van der Waals surface area contributed by atoms with Crippen LogP contribution in [0.25, 0.3) is 48.5 Å². The number of hydrogen-bond donors (Lipinski definition) is 0. The Balaban J connectivity index is 1.62. The molecule has 0 spiro atoms. The van der Waals surface area contributed by atoms with Crippen LogP contribution in [0.3, 0.4) is 0 Å². The fraction of sp³-hybridized carbons (Fsp3) is 0.138. The molecular formula is C29H23N3S. The molecule has 5 aromatic rings. The predicted octanol–water partition coefficient (Wildman–Crippen LogP) is 7.86. The molecule has 1 atom stereocenters. The molecule has 0 N–H and O–H groups in total. The molecule has 0 saturated heterocycles. The average Bonchev–Trinajstić information content (AvgIpc) is 3.23. The number of rotatable bonds is 3. The van der Waals surface area contributed by atoms with E-state index in [0.29, 0.717) is 11.7 Å². The molecule has 3 nitrogen and oxygen atoms in total. The second-order valence-corrected chi connectivity index (χ2v) is 9.77. The molecule has 3 aromatic carbocycles. The Kier molecular flexibility index (Phi) is 4.88. The van der Waals surface area contributed by atoms with Crippen LogP contribution in [0.4, 0.5) is 0 Å². The van der Waals surface area contributed by atoms with Crippen LogP contribution in [0.15, 0.2) is 85.0 Å². The normalized spacial score (nSPS) is 15.8. The van der Waals surface area contributed by atoms with Gasteiger partial charge in [-0.15, -0.1) is 11.3 Å². The number of benzene rings is 3. The van der Waals surface area contributed by atoms with Gasteiger partial charge in [0.25, 0.3) is 0 Å². The van der Waals surface area contributed by atoms with E-state index in [-0.39, 0.29) is 0 Å². The number of thiophene rings is 1. The van der Waals surface area contributed by atoms with E-state index in [1.165, 1.54) is 25.7 Å². The molecule has 1 unspecified atom stereocenters. The summed E-state index contributed by atoms with van der Waals surface area (Å²) in [7, 11) is 0. The highest BCUT2D eigenvalue weighted by atomic mass is 32.1. The Bertz CT molecular complexity index is 1560. The Hall–Kier alpha value is -3.63. The van der Waals surface area contributed by atoms with Gasteiger partial charge < -0.3 is 0 Å². The zero-order chi connectivity index (χ0) is 22.4. The molecule has 0 radical (unpaired) electrons. The summed E-state index contributed by atoms with van der Waals surface area (Å²) in [6, 6.07) is 23.3. The molecule has 2 aromatic heterocycles. The van der Waals surface area contributed by atoms with Crippen LogP contribution in [0.1, 0.15) is 24.7 Å². The minimum absolute atomic E-state index is 0.540. The van der Waals surface area contributed by atoms with E-state index < -0.39 is 0 Å². The fourth-order valence-electron chi connectivity index (χ4n) is 4.36. The molecule has 6 rings (SSSR count). The lowest BCUT2D eigenvalue weighted by atomic mass is 9.98. The van der Waals surface area contributed by atoms with Crippen molar-refractivity contribution in [1.82, 2.24) is 15.0 Å². The average molecular weight is 446 g/mol. The molecule has 0 bridgehead atoms. The van der Waals surface area contributed by atoms with E-state index in [1.807, 2.05) is 29.5 Å². The molecule has 4 heteroatoms. The molecule has 0 amide bonds. The van der Waals surface area contributed by atoms with Gasteiger partial charge in [0, 0.05) is 36.9 Å². The Morgan fingerprint density at radius 1 is 0.818 bits per heavy atom. The van der Waals surface area contributed by atoms with Gasteiger partial charge in [0.2, 0.25) is 0 Å². The van der Waals surface area contributed by atoms with E-state index in [0.717, 1.165) is 34.8 Å². The van der Waals surface area contributed by atoms with E-state index >= 15 is 0 Å². The van der Waals surface area contributed by atoms with Crippen LogP contribution in [0, 0.1) is 12.8 Å². The first-order valence-corrected chi connectivity index (χ1v) is 12.1. The summed E-state index contributed by atoms with van der Waals surface area (Å²) in [5, 5.41) is 2.48. The first kappa shape index (κ1) is 20.0. The minimum atomic E-state index is 0.540. The summed E-state index contributed by atoms with van der Waals surface area (Å²) in [4.78, 5) is 14.9. The molecule has 1 aliphatic carbocycles. The fourth-order valence-corrected chi connectivity index (χ4v) is 5.47. The van der Waals surface area contributed by atoms with Crippen LogP contribution < -0.4 is 0 Å². The van der Waals surface area contributed by atoms with Gasteiger partial charge in [-0.3, -0.25) is 0 Å². The second kappa shape index (κ2) is 8.05. The lowest BCUT2D eigenvalue weighted by Crippen LogP contribution is -2.04. The van der Waals surface area contributed by atoms with Gasteiger partial charge >= 0.3 is 0 Å². The SMILES string of the molecule is Cc1ccc2sc3cccc(-c4nc(C5=CCC(C)C=C5)nc(-c5ccccc5)n4)c3c2c1. The van der Waals surface area contributed by atoms with Gasteiger partial charge in [-0.1, -0.05) is 79.2 Å². The standard InChI is InChI=1S/C29H23N3S/c1-18-11-14-21(15-12-18)28-30-27(20-7-4-3-5-8-20)31-29(32-28)22-9-6-10-25-26(22)23-17-19(2)13-16-24(23)33-25/h3-11,13-18H,12H2,1-2H3. The van der Waals surface area contributed by atoms with Gasteiger partial charge in [-0.25, -0.2) is 15.0 Å². The van der Waals surface area contributed by atoms with Gasteiger partial charge in [0.15, 0.2) is 17.5 Å². The Morgan fingerprint density at radius 3 is 2.45 bits per heavy atom. The van der Waals surface area contributed by atoms with Gasteiger partial charge in [-0.05, 0) is 37.5 Å². The summed E-state index contributed by atoms with van der Waals surface area (Å²) < 4.78 is 2.54. The Morgan fingerprint density at radius 2 is 1.64 bits per heavy atom. The summed E-state index contributed by atoms with van der Waals surface area (Å²) in [5.41, 5.74) is 4.37. The number of aromatic nitrogens is 3. The number of fused-ring (bicyclic) bond motifs is 3. The second-order valence-electron chi connectivity index (χ2n) is 8.68. The molecule has 1 aliphatic rings. The van der Waals surface area contributed by atoms with E-state index in [1.54, 1.807) is 0 Å². The summed E-state index contributed by atoms with van der Waals surface area (Å²) >= 11 is 1.82. The maximum absolute atomic E-state index is 5.00. The molecule has 160 valence electrons. The molecule has 2 heterocycles. The zero-order valence-electron chi connectivity index (χ0n) is 18.6. The number of aryl methyl sites for hydroxylation is 1. The lowest BCUT2D eigenvalue weighted by Gasteiger charge is -2.13. The third kappa shape index (κ3) is 3.66. The topological polar surface area (TPSA) is 38.7 Å². The van der Waals surface area contributed by atoms with Crippen molar-refractivity contribution < 1.29 is 0 Å². The lowest BCUT2D eigenvalue weighted by molar-refractivity contribution is 0.738. The molecule has 33 heavy (non-hydrogen) atoms. The van der Waals surface area contributed by atoms with Crippen molar-refractivity contribution in [3.8, 4) is 22.8 Å². The first-order valence-electron chi connectivity index (χ1n) is 11.3. The number of hydrogen-bond acceptors (Lipinski definition) is 4. The smallest absolute Gasteiger partial charge is 0.164 e. The van der Waals surface area contributed by atoms with Crippen LogP contribution in [-0.2, 0) is 0 Å². The van der Waals surface area contributed by atoms with Crippen molar-refractivity contribution in [2.24, 2.45) is 5.92 Å². The third-order valence-corrected chi connectivity index (χ3v) is 7.27. The van der Waals surface area contributed by atoms with E-state index in [9.17, 15) is 0 Å². The predicted molar refractivity (Wildman–Crippen MR) is 139 cm³/mol. The number of nitrogens with zero attached hydrogens (tertiary/aromatic N) is 3. The minimum Gasteiger partial charge on any atom is -0.208 e. The summed E-state index contributed by atoms with van der Waals surface area (Å²) in [5.74, 6) is 2.70. The van der Waals surface area contributed by atoms with Crippen molar-refractivity contribution in [3.63, 3.8) is 0 Å². The quantitative estimate of drug-likeness (QED) is 0.284. The molecular weight excluding hydrogens is 422 g/mol. The zero-order valence-corrected chi connectivity index (χ0v) is 19.4. The monoisotopic (exact) mass is 445 g/mol. The largest absolute Gasteiger partial charge is 0.208 e.